The maximum atomic E-state index is 11.4. The van der Waals surface area contributed by atoms with Gasteiger partial charge in [0, 0.05) is 17.4 Å². The lowest BCUT2D eigenvalue weighted by Crippen LogP contribution is -2.30. The number of rotatable bonds is 16. The topological polar surface area (TPSA) is 160 Å². The first-order chi connectivity index (χ1) is 18.2. The third kappa shape index (κ3) is 16.4. The van der Waals surface area contributed by atoms with Crippen LogP contribution in [-0.2, 0) is 19.2 Å². The zero-order valence-corrected chi connectivity index (χ0v) is 22.1. The lowest BCUT2D eigenvalue weighted by Gasteiger charge is -2.15. The molecule has 2 atom stereocenters. The Bertz CT molecular complexity index is 894. The van der Waals surface area contributed by atoms with Crippen LogP contribution in [0.5, 0.6) is 5.75 Å². The molecule has 2 unspecified atom stereocenters. The van der Waals surface area contributed by atoms with Gasteiger partial charge in [0.15, 0.2) is 0 Å². The van der Waals surface area contributed by atoms with Crippen LogP contribution in [0.1, 0.15) is 51.9 Å². The first-order valence-corrected chi connectivity index (χ1v) is 12.7. The highest BCUT2D eigenvalue weighted by molar-refractivity contribution is 6.30. The average Bonchev–Trinajstić information content (AvgIpc) is 3.28. The van der Waals surface area contributed by atoms with E-state index in [1.807, 2.05) is 43.3 Å². The molecular weight excluding hydrogens is 524 g/mol. The molecule has 1 aliphatic carbocycles. The Labute approximate surface area is 226 Å². The molecule has 0 heterocycles. The first kappa shape index (κ1) is 32.6. The van der Waals surface area contributed by atoms with E-state index < -0.39 is 35.5 Å². The minimum atomic E-state index is -1.21. The summed E-state index contributed by atoms with van der Waals surface area (Å²) in [6.45, 7) is 1.24. The minimum absolute atomic E-state index is 0.0950. The van der Waals surface area contributed by atoms with Gasteiger partial charge in [-0.25, -0.2) is 0 Å². The molecule has 0 radical (unpaired) electrons. The van der Waals surface area contributed by atoms with Gasteiger partial charge in [-0.15, -0.1) is 20.2 Å². The zero-order chi connectivity index (χ0) is 28.2. The van der Waals surface area contributed by atoms with Crippen LogP contribution in [-0.4, -0.2) is 53.3 Å². The predicted octanol–water partition coefficient (Wildman–Crippen LogP) is 4.89. The molecule has 1 aromatic carbocycles. The minimum Gasteiger partial charge on any atom is -0.493 e. The van der Waals surface area contributed by atoms with Crippen molar-refractivity contribution in [3.8, 4) is 5.75 Å². The van der Waals surface area contributed by atoms with Crippen molar-refractivity contribution < 1.29 is 39.2 Å². The summed E-state index contributed by atoms with van der Waals surface area (Å²) in [5.74, 6) is 0.520. The van der Waals surface area contributed by atoms with E-state index in [0.29, 0.717) is 30.4 Å². The van der Waals surface area contributed by atoms with Crippen LogP contribution in [0, 0.1) is 26.1 Å². The molecule has 1 aromatic rings. The highest BCUT2D eigenvalue weighted by Gasteiger charge is 2.22. The van der Waals surface area contributed by atoms with Crippen LogP contribution in [0.25, 0.3) is 0 Å². The van der Waals surface area contributed by atoms with Crippen LogP contribution in [0.3, 0.4) is 0 Å². The number of carbonyl (C=O) groups excluding carboxylic acids is 1. The third-order valence-electron chi connectivity index (χ3n) is 5.28. The summed E-state index contributed by atoms with van der Waals surface area (Å²) < 4.78 is 10.4. The molecule has 0 spiro atoms. The van der Waals surface area contributed by atoms with E-state index in [1.54, 1.807) is 0 Å². The van der Waals surface area contributed by atoms with Gasteiger partial charge < -0.3 is 24.3 Å². The summed E-state index contributed by atoms with van der Waals surface area (Å²) in [7, 11) is 0. The first-order valence-electron chi connectivity index (χ1n) is 12.3. The van der Waals surface area contributed by atoms with E-state index in [2.05, 4.69) is 21.8 Å². The second-order valence-corrected chi connectivity index (χ2v) is 8.73. The van der Waals surface area contributed by atoms with Gasteiger partial charge in [0.2, 0.25) is 0 Å². The number of benzene rings is 1. The van der Waals surface area contributed by atoms with Crippen molar-refractivity contribution in [2.75, 3.05) is 19.8 Å². The Morgan fingerprint density at radius 3 is 2.45 bits per heavy atom. The molecule has 1 N–H and O–H groups in total. The summed E-state index contributed by atoms with van der Waals surface area (Å²) in [5, 5.41) is 28.2. The fourth-order valence-electron chi connectivity index (χ4n) is 3.45. The lowest BCUT2D eigenvalue weighted by atomic mass is 10.1. The molecule has 0 aromatic heterocycles. The Balaban J connectivity index is 0.000000381. The summed E-state index contributed by atoms with van der Waals surface area (Å²) in [6.07, 6.45) is 11.9. The van der Waals surface area contributed by atoms with Gasteiger partial charge >= 0.3 is 5.97 Å². The second-order valence-electron chi connectivity index (χ2n) is 8.30. The average molecular weight is 559 g/mol. The predicted molar refractivity (Wildman–Crippen MR) is 138 cm³/mol. The normalized spacial score (nSPS) is 16.7. The summed E-state index contributed by atoms with van der Waals surface area (Å²) in [5.41, 5.74) is 0. The Hall–Kier alpha value is -3.38. The van der Waals surface area contributed by atoms with Crippen molar-refractivity contribution in [3.05, 3.63) is 73.8 Å². The van der Waals surface area contributed by atoms with E-state index >= 15 is 0 Å². The lowest BCUT2D eigenvalue weighted by molar-refractivity contribution is -0.768. The molecule has 2 rings (SSSR count). The van der Waals surface area contributed by atoms with Crippen molar-refractivity contribution in [3.63, 3.8) is 0 Å². The van der Waals surface area contributed by atoms with E-state index in [4.69, 9.17) is 21.1 Å². The van der Waals surface area contributed by atoms with E-state index in [1.165, 1.54) is 0 Å². The quantitative estimate of drug-likeness (QED) is 0.0972. The van der Waals surface area contributed by atoms with E-state index in [-0.39, 0.29) is 12.5 Å². The fraction of sp³-hybridized carbons (Fsp3) is 0.560. The number of allylic oxidation sites excluding steroid dienone is 2. The van der Waals surface area contributed by atoms with Gasteiger partial charge in [-0.3, -0.25) is 4.79 Å². The van der Waals surface area contributed by atoms with Crippen LogP contribution < -0.4 is 4.74 Å². The number of halogens is 1. The maximum absolute atomic E-state index is 11.4. The number of aliphatic hydroxyl groups excluding tert-OH is 1. The van der Waals surface area contributed by atoms with Crippen LogP contribution >= 0.6 is 11.6 Å². The highest BCUT2D eigenvalue weighted by Crippen LogP contribution is 2.26. The Morgan fingerprint density at radius 2 is 1.87 bits per heavy atom. The smallest absolute Gasteiger partial charge is 0.306 e. The van der Waals surface area contributed by atoms with Crippen molar-refractivity contribution >= 4 is 17.6 Å². The number of aliphatic hydroxyl groups is 1. The van der Waals surface area contributed by atoms with Crippen LogP contribution in [0.15, 0.2) is 48.6 Å². The molecule has 0 saturated heterocycles. The number of unbranched alkanes of at least 4 members (excludes halogenated alkanes) is 1. The molecule has 1 fully saturated rings. The zero-order valence-electron chi connectivity index (χ0n) is 21.3. The Morgan fingerprint density at radius 1 is 1.16 bits per heavy atom. The number of hydrogen-bond donors (Lipinski definition) is 1. The standard InChI is InChI=1S/C15H19ClO2.C10H16N2O8/c16-13-7-4-8-14(11-13)18-10-2-1-5-12-6-3-9-15(12)17;1-2-3-4-5-6-10(13)20-9(7-18-11(14)15)8-19-12(16)17/h1,4-5,7-8,11-12,15,17H,2-3,6,9-10H2;2-3,9H,4-8H2,1H3/b5-1+;3-2-. The summed E-state index contributed by atoms with van der Waals surface area (Å²) >= 11 is 5.87. The van der Waals surface area contributed by atoms with Crippen molar-refractivity contribution in [2.24, 2.45) is 5.92 Å². The molecule has 38 heavy (non-hydrogen) atoms. The fourth-order valence-corrected chi connectivity index (χ4v) is 3.63. The van der Waals surface area contributed by atoms with E-state index in [9.17, 15) is 30.1 Å². The maximum Gasteiger partial charge on any atom is 0.306 e. The van der Waals surface area contributed by atoms with Gasteiger partial charge in [-0.05, 0) is 57.2 Å². The van der Waals surface area contributed by atoms with Gasteiger partial charge in [0.25, 0.3) is 10.2 Å². The van der Waals surface area contributed by atoms with Crippen LogP contribution in [0.4, 0.5) is 0 Å². The summed E-state index contributed by atoms with van der Waals surface area (Å²) in [4.78, 5) is 39.5. The van der Waals surface area contributed by atoms with Crippen molar-refractivity contribution in [2.45, 2.75) is 64.1 Å². The van der Waals surface area contributed by atoms with Gasteiger partial charge in [-0.2, -0.15) is 0 Å². The molecule has 0 bridgehead atoms. The SMILES string of the molecule is C/C=C\CCCC(=O)OC(CO[N+](=O)[O-])CO[N+](=O)[O-].OC1CCCC1/C=C/CCOc1cccc(Cl)c1. The second kappa shape index (κ2) is 19.7. The van der Waals surface area contributed by atoms with Gasteiger partial charge in [0.1, 0.15) is 25.1 Å². The molecule has 1 aliphatic rings. The molecule has 1 saturated carbocycles. The molecule has 0 amide bonds. The number of ether oxygens (including phenoxy) is 2. The molecule has 212 valence electrons. The Kier molecular flexibility index (Phi) is 16.9. The number of nitrogens with zero attached hydrogens (tertiary/aromatic N) is 2. The molecular formula is C25H35ClN2O10. The van der Waals surface area contributed by atoms with E-state index in [0.717, 1.165) is 31.4 Å². The summed E-state index contributed by atoms with van der Waals surface area (Å²) in [6, 6.07) is 7.42. The number of carbonyl (C=O) groups is 1. The van der Waals surface area contributed by atoms with Gasteiger partial charge in [0.05, 0.1) is 12.7 Å². The monoisotopic (exact) mass is 558 g/mol. The molecule has 13 heteroatoms. The number of hydrogen-bond acceptors (Lipinski definition) is 10. The third-order valence-corrected chi connectivity index (χ3v) is 5.52. The highest BCUT2D eigenvalue weighted by atomic mass is 35.5. The molecule has 0 aliphatic heterocycles. The van der Waals surface area contributed by atoms with Crippen molar-refractivity contribution in [1.29, 1.82) is 0 Å². The van der Waals surface area contributed by atoms with Crippen LogP contribution in [0.2, 0.25) is 5.02 Å². The molecule has 12 nitrogen and oxygen atoms in total. The van der Waals surface area contributed by atoms with Gasteiger partial charge in [-0.1, -0.05) is 48.4 Å². The number of esters is 1. The largest absolute Gasteiger partial charge is 0.493 e. The van der Waals surface area contributed by atoms with Crippen molar-refractivity contribution in [1.82, 2.24) is 0 Å².